The van der Waals surface area contributed by atoms with Gasteiger partial charge in [-0.3, -0.25) is 0 Å². The second kappa shape index (κ2) is 6.23. The summed E-state index contributed by atoms with van der Waals surface area (Å²) in [6.07, 6.45) is -4.05. The second-order valence-electron chi connectivity index (χ2n) is 5.10. The maximum absolute atomic E-state index is 12.1. The van der Waals surface area contributed by atoms with Crippen LogP contribution in [-0.4, -0.2) is 6.18 Å². The highest BCUT2D eigenvalue weighted by molar-refractivity contribution is 5.25. The van der Waals surface area contributed by atoms with E-state index in [4.69, 9.17) is 5.73 Å². The molecule has 1 rings (SSSR count). The monoisotopic (exact) mass is 259 g/mol. The second-order valence-corrected chi connectivity index (χ2v) is 5.10. The van der Waals surface area contributed by atoms with E-state index in [9.17, 15) is 13.2 Å². The van der Waals surface area contributed by atoms with Crippen LogP contribution in [0.4, 0.5) is 13.2 Å². The Morgan fingerprint density at radius 3 is 2.11 bits per heavy atom. The normalized spacial score (nSPS) is 13.9. The minimum atomic E-state index is -4.13. The third-order valence-corrected chi connectivity index (χ3v) is 2.79. The van der Waals surface area contributed by atoms with Gasteiger partial charge in [0.1, 0.15) is 0 Å². The summed E-state index contributed by atoms with van der Waals surface area (Å²) in [6, 6.07) is 7.02. The van der Waals surface area contributed by atoms with Gasteiger partial charge in [0, 0.05) is 12.5 Å². The zero-order chi connectivity index (χ0) is 13.8. The first-order chi connectivity index (χ1) is 8.28. The predicted octanol–water partition coefficient (Wildman–Crippen LogP) is 4.23. The van der Waals surface area contributed by atoms with E-state index in [2.05, 4.69) is 13.8 Å². The molecule has 0 radical (unpaired) electrons. The van der Waals surface area contributed by atoms with Crippen molar-refractivity contribution in [2.75, 3.05) is 0 Å². The summed E-state index contributed by atoms with van der Waals surface area (Å²) in [4.78, 5) is 0. The van der Waals surface area contributed by atoms with Crippen molar-refractivity contribution in [3.63, 3.8) is 0 Å². The molecule has 0 fully saturated rings. The third-order valence-electron chi connectivity index (χ3n) is 2.79. The molecule has 1 nitrogen and oxygen atoms in total. The van der Waals surface area contributed by atoms with Gasteiger partial charge in [0.2, 0.25) is 0 Å². The molecular weight excluding hydrogens is 239 g/mol. The van der Waals surface area contributed by atoms with Crippen molar-refractivity contribution >= 4 is 0 Å². The van der Waals surface area contributed by atoms with E-state index in [-0.39, 0.29) is 6.42 Å². The lowest BCUT2D eigenvalue weighted by Gasteiger charge is -2.14. The van der Waals surface area contributed by atoms with Gasteiger partial charge in [0.05, 0.1) is 0 Å². The first-order valence-corrected chi connectivity index (χ1v) is 6.19. The first kappa shape index (κ1) is 15.0. The van der Waals surface area contributed by atoms with Crippen LogP contribution in [0.1, 0.15) is 43.9 Å². The van der Waals surface area contributed by atoms with Crippen molar-refractivity contribution in [2.45, 2.75) is 45.3 Å². The van der Waals surface area contributed by atoms with Crippen LogP contribution >= 0.6 is 0 Å². The Kier molecular flexibility index (Phi) is 5.20. The number of benzene rings is 1. The molecule has 0 saturated heterocycles. The Balaban J connectivity index is 2.56. The van der Waals surface area contributed by atoms with E-state index in [1.165, 1.54) is 5.56 Å². The van der Waals surface area contributed by atoms with E-state index in [0.29, 0.717) is 5.92 Å². The van der Waals surface area contributed by atoms with E-state index < -0.39 is 18.6 Å². The standard InChI is InChI=1S/C14H20F3N/c1-10(2)9-11-3-5-12(6-4-11)13(18)7-8-14(15,16)17/h3-6,10,13H,7-9,18H2,1-2H3. The van der Waals surface area contributed by atoms with Gasteiger partial charge in [0.15, 0.2) is 0 Å². The molecule has 0 spiro atoms. The molecule has 0 aliphatic heterocycles. The predicted molar refractivity (Wildman–Crippen MR) is 67.2 cm³/mol. The van der Waals surface area contributed by atoms with Crippen LogP contribution in [0.2, 0.25) is 0 Å². The fourth-order valence-corrected chi connectivity index (χ4v) is 1.86. The Morgan fingerprint density at radius 2 is 1.67 bits per heavy atom. The average Bonchev–Trinajstić information content (AvgIpc) is 2.25. The molecule has 0 saturated carbocycles. The van der Waals surface area contributed by atoms with Gasteiger partial charge < -0.3 is 5.73 Å². The zero-order valence-corrected chi connectivity index (χ0v) is 10.8. The van der Waals surface area contributed by atoms with Crippen molar-refractivity contribution in [3.8, 4) is 0 Å². The molecule has 18 heavy (non-hydrogen) atoms. The SMILES string of the molecule is CC(C)Cc1ccc(C(N)CCC(F)(F)F)cc1. The summed E-state index contributed by atoms with van der Waals surface area (Å²) in [5, 5.41) is 0. The maximum Gasteiger partial charge on any atom is 0.389 e. The number of nitrogens with two attached hydrogens (primary N) is 1. The van der Waals surface area contributed by atoms with Crippen molar-refractivity contribution in [2.24, 2.45) is 11.7 Å². The topological polar surface area (TPSA) is 26.0 Å². The summed E-state index contributed by atoms with van der Waals surface area (Å²) >= 11 is 0. The molecule has 0 amide bonds. The highest BCUT2D eigenvalue weighted by Crippen LogP contribution is 2.26. The summed E-state index contributed by atoms with van der Waals surface area (Å²) in [7, 11) is 0. The molecule has 0 heterocycles. The number of hydrogen-bond acceptors (Lipinski definition) is 1. The number of hydrogen-bond donors (Lipinski definition) is 1. The van der Waals surface area contributed by atoms with E-state index in [1.54, 1.807) is 0 Å². The van der Waals surface area contributed by atoms with Gasteiger partial charge in [-0.05, 0) is 29.9 Å². The van der Waals surface area contributed by atoms with Gasteiger partial charge in [-0.1, -0.05) is 38.1 Å². The van der Waals surface area contributed by atoms with Crippen LogP contribution in [-0.2, 0) is 6.42 Å². The van der Waals surface area contributed by atoms with E-state index >= 15 is 0 Å². The first-order valence-electron chi connectivity index (χ1n) is 6.19. The van der Waals surface area contributed by atoms with Crippen LogP contribution in [0.15, 0.2) is 24.3 Å². The molecule has 4 heteroatoms. The minimum absolute atomic E-state index is 0.0625. The number of halogens is 3. The molecule has 0 aromatic heterocycles. The van der Waals surface area contributed by atoms with Crippen LogP contribution in [0.3, 0.4) is 0 Å². The average molecular weight is 259 g/mol. The van der Waals surface area contributed by atoms with E-state index in [1.807, 2.05) is 24.3 Å². The molecule has 1 aromatic carbocycles. The van der Waals surface area contributed by atoms with Gasteiger partial charge >= 0.3 is 6.18 Å². The summed E-state index contributed by atoms with van der Waals surface area (Å²) in [5.41, 5.74) is 7.72. The zero-order valence-electron chi connectivity index (χ0n) is 10.8. The van der Waals surface area contributed by atoms with Gasteiger partial charge in [-0.2, -0.15) is 13.2 Å². The smallest absolute Gasteiger partial charge is 0.324 e. The Bertz CT molecular complexity index is 354. The lowest BCUT2D eigenvalue weighted by molar-refractivity contribution is -0.136. The summed E-state index contributed by atoms with van der Waals surface area (Å²) in [6.45, 7) is 4.26. The van der Waals surface area contributed by atoms with Gasteiger partial charge in [0.25, 0.3) is 0 Å². The molecule has 102 valence electrons. The van der Waals surface area contributed by atoms with Gasteiger partial charge in [-0.25, -0.2) is 0 Å². The molecule has 0 bridgehead atoms. The van der Waals surface area contributed by atoms with Crippen molar-refractivity contribution < 1.29 is 13.2 Å². The summed E-state index contributed by atoms with van der Waals surface area (Å²) in [5.74, 6) is 0.565. The van der Waals surface area contributed by atoms with E-state index in [0.717, 1.165) is 12.0 Å². The molecule has 1 unspecified atom stereocenters. The number of alkyl halides is 3. The lowest BCUT2D eigenvalue weighted by Crippen LogP contribution is -2.15. The largest absolute Gasteiger partial charge is 0.389 e. The Hall–Kier alpha value is -1.03. The van der Waals surface area contributed by atoms with Crippen LogP contribution < -0.4 is 5.73 Å². The van der Waals surface area contributed by atoms with Crippen LogP contribution in [0.25, 0.3) is 0 Å². The number of rotatable bonds is 5. The summed E-state index contributed by atoms with van der Waals surface area (Å²) < 4.78 is 36.3. The molecule has 0 aliphatic rings. The Morgan fingerprint density at radius 1 is 1.11 bits per heavy atom. The van der Waals surface area contributed by atoms with Crippen molar-refractivity contribution in [1.82, 2.24) is 0 Å². The molecule has 1 aromatic rings. The lowest BCUT2D eigenvalue weighted by atomic mass is 9.98. The van der Waals surface area contributed by atoms with Crippen LogP contribution in [0.5, 0.6) is 0 Å². The van der Waals surface area contributed by atoms with Crippen molar-refractivity contribution in [1.29, 1.82) is 0 Å². The Labute approximate surface area is 106 Å². The fraction of sp³-hybridized carbons (Fsp3) is 0.571. The fourth-order valence-electron chi connectivity index (χ4n) is 1.86. The highest BCUT2D eigenvalue weighted by Gasteiger charge is 2.27. The molecule has 2 N–H and O–H groups in total. The highest BCUT2D eigenvalue weighted by atomic mass is 19.4. The maximum atomic E-state index is 12.1. The molecule has 0 aliphatic carbocycles. The quantitative estimate of drug-likeness (QED) is 0.841. The molecular formula is C14H20F3N. The molecule has 1 atom stereocenters. The van der Waals surface area contributed by atoms with Gasteiger partial charge in [-0.15, -0.1) is 0 Å². The van der Waals surface area contributed by atoms with Crippen molar-refractivity contribution in [3.05, 3.63) is 35.4 Å². The minimum Gasteiger partial charge on any atom is -0.324 e. The van der Waals surface area contributed by atoms with Crippen LogP contribution in [0, 0.1) is 5.92 Å². The third kappa shape index (κ3) is 5.54.